The Labute approximate surface area is 109 Å². The fraction of sp³-hybridized carbons (Fsp3) is 0.600. The van der Waals surface area contributed by atoms with Crippen molar-refractivity contribution in [2.45, 2.75) is 38.2 Å². The molecule has 100 valence electrons. The van der Waals surface area contributed by atoms with E-state index in [4.69, 9.17) is 4.74 Å². The lowest BCUT2D eigenvalue weighted by Crippen LogP contribution is -2.46. The number of aliphatic hydroxyl groups is 1. The summed E-state index contributed by atoms with van der Waals surface area (Å²) in [7, 11) is 0. The van der Waals surface area contributed by atoms with Gasteiger partial charge in [-0.2, -0.15) is 0 Å². The number of piperidine rings is 1. The lowest BCUT2D eigenvalue weighted by molar-refractivity contribution is 0.0731. The van der Waals surface area contributed by atoms with E-state index in [-0.39, 0.29) is 11.5 Å². The molecule has 3 heteroatoms. The molecule has 1 heterocycles. The van der Waals surface area contributed by atoms with Gasteiger partial charge >= 0.3 is 0 Å². The van der Waals surface area contributed by atoms with Crippen LogP contribution in [0.4, 0.5) is 0 Å². The van der Waals surface area contributed by atoms with Gasteiger partial charge in [-0.15, -0.1) is 0 Å². The summed E-state index contributed by atoms with van der Waals surface area (Å²) in [6.07, 6.45) is 1.61. The van der Waals surface area contributed by atoms with Crippen LogP contribution < -0.4 is 10.1 Å². The zero-order chi connectivity index (χ0) is 13.0. The predicted molar refractivity (Wildman–Crippen MR) is 73.1 cm³/mol. The van der Waals surface area contributed by atoms with Crippen LogP contribution in [-0.4, -0.2) is 30.9 Å². The van der Waals surface area contributed by atoms with Crippen molar-refractivity contribution >= 4 is 0 Å². The van der Waals surface area contributed by atoms with Crippen LogP contribution in [0.15, 0.2) is 24.3 Å². The number of nitrogens with one attached hydrogen (secondary N) is 1. The van der Waals surface area contributed by atoms with Gasteiger partial charge in [0.25, 0.3) is 0 Å². The maximum Gasteiger partial charge on any atom is 0.119 e. The average molecular weight is 249 g/mol. The molecule has 1 aliphatic rings. The summed E-state index contributed by atoms with van der Waals surface area (Å²) in [4.78, 5) is 0. The van der Waals surface area contributed by atoms with Crippen LogP contribution in [0.5, 0.6) is 5.75 Å². The summed E-state index contributed by atoms with van der Waals surface area (Å²) in [5, 5.41) is 13.6. The molecule has 0 saturated carbocycles. The summed E-state index contributed by atoms with van der Waals surface area (Å²) in [5.41, 5.74) is 1.07. The van der Waals surface area contributed by atoms with Gasteiger partial charge in [-0.05, 0) is 57.5 Å². The molecule has 0 aromatic heterocycles. The summed E-state index contributed by atoms with van der Waals surface area (Å²) >= 11 is 0. The minimum atomic E-state index is -0.337. The fourth-order valence-electron chi connectivity index (χ4n) is 2.88. The van der Waals surface area contributed by atoms with Gasteiger partial charge in [-0.1, -0.05) is 12.1 Å². The van der Waals surface area contributed by atoms with Crippen molar-refractivity contribution in [2.24, 2.45) is 0 Å². The summed E-state index contributed by atoms with van der Waals surface area (Å²) in [6, 6.07) is 8.19. The van der Waals surface area contributed by atoms with Gasteiger partial charge in [0.15, 0.2) is 0 Å². The summed E-state index contributed by atoms with van der Waals surface area (Å²) in [6.45, 7) is 6.49. The highest BCUT2D eigenvalue weighted by molar-refractivity contribution is 5.35. The Morgan fingerprint density at radius 2 is 2.11 bits per heavy atom. The highest BCUT2D eigenvalue weighted by Crippen LogP contribution is 2.38. The molecular weight excluding hydrogens is 226 g/mol. The number of hydrogen-bond acceptors (Lipinski definition) is 3. The molecule has 3 nitrogen and oxygen atoms in total. The molecule has 1 aliphatic heterocycles. The third-order valence-corrected chi connectivity index (χ3v) is 4.02. The second-order valence-electron chi connectivity index (χ2n) is 5.04. The second kappa shape index (κ2) is 5.72. The molecule has 0 bridgehead atoms. The van der Waals surface area contributed by atoms with E-state index in [2.05, 4.69) is 17.4 Å². The van der Waals surface area contributed by atoms with Crippen LogP contribution >= 0.6 is 0 Å². The third kappa shape index (κ3) is 2.52. The molecule has 1 atom stereocenters. The largest absolute Gasteiger partial charge is 0.494 e. The van der Waals surface area contributed by atoms with E-state index in [9.17, 15) is 5.11 Å². The van der Waals surface area contributed by atoms with E-state index in [1.165, 1.54) is 5.56 Å². The van der Waals surface area contributed by atoms with Crippen molar-refractivity contribution in [3.63, 3.8) is 0 Å². The Morgan fingerprint density at radius 1 is 1.39 bits per heavy atom. The van der Waals surface area contributed by atoms with Gasteiger partial charge in [0.1, 0.15) is 5.75 Å². The Morgan fingerprint density at radius 3 is 2.72 bits per heavy atom. The maximum absolute atomic E-state index is 10.2. The Bertz CT molecular complexity index is 384. The van der Waals surface area contributed by atoms with Gasteiger partial charge in [0, 0.05) is 5.41 Å². The quantitative estimate of drug-likeness (QED) is 0.858. The Kier molecular flexibility index (Phi) is 4.25. The van der Waals surface area contributed by atoms with E-state index in [0.717, 1.165) is 31.7 Å². The third-order valence-electron chi connectivity index (χ3n) is 4.02. The molecule has 2 rings (SSSR count). The van der Waals surface area contributed by atoms with E-state index < -0.39 is 0 Å². The standard InChI is InChI=1S/C15H23NO2/c1-3-18-14-6-4-5-13(11-14)15(12(2)17)7-9-16-10-8-15/h4-6,11-12,16-17H,3,7-10H2,1-2H3. The van der Waals surface area contributed by atoms with Crippen molar-refractivity contribution in [3.05, 3.63) is 29.8 Å². The van der Waals surface area contributed by atoms with Gasteiger partial charge in [0.2, 0.25) is 0 Å². The molecule has 0 spiro atoms. The molecule has 2 N–H and O–H groups in total. The zero-order valence-corrected chi connectivity index (χ0v) is 11.3. The number of aliphatic hydroxyl groups excluding tert-OH is 1. The first-order chi connectivity index (χ1) is 8.69. The number of hydrogen-bond donors (Lipinski definition) is 2. The van der Waals surface area contributed by atoms with E-state index in [0.29, 0.717) is 6.61 Å². The van der Waals surface area contributed by atoms with Crippen molar-refractivity contribution in [1.82, 2.24) is 5.32 Å². The topological polar surface area (TPSA) is 41.5 Å². The molecule has 1 unspecified atom stereocenters. The minimum Gasteiger partial charge on any atom is -0.494 e. The Hall–Kier alpha value is -1.06. The first-order valence-corrected chi connectivity index (χ1v) is 6.81. The second-order valence-corrected chi connectivity index (χ2v) is 5.04. The normalized spacial score (nSPS) is 20.4. The lowest BCUT2D eigenvalue weighted by atomic mass is 9.69. The highest BCUT2D eigenvalue weighted by Gasteiger charge is 2.38. The molecular formula is C15H23NO2. The molecule has 0 amide bonds. The first kappa shape index (κ1) is 13.4. The molecule has 1 aromatic rings. The van der Waals surface area contributed by atoms with Crippen LogP contribution in [0.2, 0.25) is 0 Å². The van der Waals surface area contributed by atoms with Crippen molar-refractivity contribution in [1.29, 1.82) is 0 Å². The molecule has 0 radical (unpaired) electrons. The van der Waals surface area contributed by atoms with Gasteiger partial charge in [-0.25, -0.2) is 0 Å². The van der Waals surface area contributed by atoms with E-state index >= 15 is 0 Å². The van der Waals surface area contributed by atoms with Gasteiger partial charge in [0.05, 0.1) is 12.7 Å². The molecule has 1 aromatic carbocycles. The molecule has 18 heavy (non-hydrogen) atoms. The van der Waals surface area contributed by atoms with Crippen LogP contribution in [0.1, 0.15) is 32.3 Å². The maximum atomic E-state index is 10.2. The Balaban J connectivity index is 2.33. The number of ether oxygens (including phenoxy) is 1. The van der Waals surface area contributed by atoms with Crippen molar-refractivity contribution < 1.29 is 9.84 Å². The zero-order valence-electron chi connectivity index (χ0n) is 11.3. The fourth-order valence-corrected chi connectivity index (χ4v) is 2.88. The van der Waals surface area contributed by atoms with Crippen molar-refractivity contribution in [2.75, 3.05) is 19.7 Å². The number of rotatable bonds is 4. The average Bonchev–Trinajstić information content (AvgIpc) is 2.40. The van der Waals surface area contributed by atoms with Crippen LogP contribution in [0.3, 0.4) is 0 Å². The van der Waals surface area contributed by atoms with Gasteiger partial charge < -0.3 is 15.2 Å². The summed E-state index contributed by atoms with van der Waals surface area (Å²) < 4.78 is 5.56. The predicted octanol–water partition coefficient (Wildman–Crippen LogP) is 2.09. The van der Waals surface area contributed by atoms with E-state index in [1.807, 2.05) is 26.0 Å². The van der Waals surface area contributed by atoms with Crippen LogP contribution in [0, 0.1) is 0 Å². The minimum absolute atomic E-state index is 0.127. The van der Waals surface area contributed by atoms with Crippen LogP contribution in [0.25, 0.3) is 0 Å². The number of benzene rings is 1. The monoisotopic (exact) mass is 249 g/mol. The molecule has 1 fully saturated rings. The molecule has 1 saturated heterocycles. The molecule has 0 aliphatic carbocycles. The van der Waals surface area contributed by atoms with Crippen LogP contribution in [-0.2, 0) is 5.41 Å². The van der Waals surface area contributed by atoms with E-state index in [1.54, 1.807) is 0 Å². The first-order valence-electron chi connectivity index (χ1n) is 6.81. The van der Waals surface area contributed by atoms with Gasteiger partial charge in [-0.3, -0.25) is 0 Å². The summed E-state index contributed by atoms with van der Waals surface area (Å²) in [5.74, 6) is 0.897. The smallest absolute Gasteiger partial charge is 0.119 e. The lowest BCUT2D eigenvalue weighted by Gasteiger charge is -2.40. The SMILES string of the molecule is CCOc1cccc(C2(C(C)O)CCNCC2)c1. The highest BCUT2D eigenvalue weighted by atomic mass is 16.5. The van der Waals surface area contributed by atoms with Crippen molar-refractivity contribution in [3.8, 4) is 5.75 Å².